The van der Waals surface area contributed by atoms with Crippen molar-refractivity contribution in [3.8, 4) is 0 Å². The highest BCUT2D eigenvalue weighted by Crippen LogP contribution is 2.17. The van der Waals surface area contributed by atoms with E-state index in [-0.39, 0.29) is 17.6 Å². The summed E-state index contributed by atoms with van der Waals surface area (Å²) >= 11 is 0. The van der Waals surface area contributed by atoms with E-state index in [1.54, 1.807) is 24.4 Å². The summed E-state index contributed by atoms with van der Waals surface area (Å²) in [5.41, 5.74) is 2.27. The monoisotopic (exact) mass is 420 g/mol. The zero-order valence-corrected chi connectivity index (χ0v) is 17.9. The third kappa shape index (κ3) is 6.70. The van der Waals surface area contributed by atoms with Crippen LogP contribution in [0.2, 0.25) is 0 Å². The van der Waals surface area contributed by atoms with Gasteiger partial charge >= 0.3 is 0 Å². The zero-order valence-electron chi connectivity index (χ0n) is 17.9. The summed E-state index contributed by atoms with van der Waals surface area (Å²) in [5, 5.41) is 9.01. The van der Waals surface area contributed by atoms with Crippen LogP contribution in [0.25, 0.3) is 0 Å². The van der Waals surface area contributed by atoms with Gasteiger partial charge in [0.25, 0.3) is 11.8 Å². The van der Waals surface area contributed by atoms with Crippen molar-refractivity contribution in [2.45, 2.75) is 33.2 Å². The van der Waals surface area contributed by atoms with Gasteiger partial charge in [-0.05, 0) is 60.7 Å². The van der Waals surface area contributed by atoms with Crippen LogP contribution in [0.5, 0.6) is 0 Å². The Morgan fingerprint density at radius 1 is 1.06 bits per heavy atom. The van der Waals surface area contributed by atoms with E-state index < -0.39 is 0 Å². The third-order valence-corrected chi connectivity index (χ3v) is 4.71. The van der Waals surface area contributed by atoms with Crippen molar-refractivity contribution in [2.75, 3.05) is 17.2 Å². The fourth-order valence-corrected chi connectivity index (χ4v) is 3.08. The van der Waals surface area contributed by atoms with Crippen molar-refractivity contribution in [2.24, 2.45) is 5.92 Å². The Labute approximate surface area is 182 Å². The number of hydrogen-bond donors (Lipinski definition) is 3. The largest absolute Gasteiger partial charge is 0.459 e. The lowest BCUT2D eigenvalue weighted by Crippen LogP contribution is -2.25. The van der Waals surface area contributed by atoms with Crippen LogP contribution in [-0.2, 0) is 6.54 Å². The van der Waals surface area contributed by atoms with Crippen molar-refractivity contribution >= 4 is 23.3 Å². The van der Waals surface area contributed by atoms with Crippen LogP contribution in [-0.4, -0.2) is 23.3 Å². The molecule has 7 heteroatoms. The molecule has 2 aromatic heterocycles. The van der Waals surface area contributed by atoms with E-state index in [0.29, 0.717) is 30.4 Å². The fraction of sp³-hybridized carbons (Fsp3) is 0.292. The highest BCUT2D eigenvalue weighted by atomic mass is 16.3. The van der Waals surface area contributed by atoms with E-state index in [1.165, 1.54) is 6.26 Å². The average Bonchev–Trinajstić information content (AvgIpc) is 3.31. The Kier molecular flexibility index (Phi) is 7.81. The summed E-state index contributed by atoms with van der Waals surface area (Å²) in [4.78, 5) is 28.9. The quantitative estimate of drug-likeness (QED) is 0.413. The number of nitrogens with zero attached hydrogens (tertiary/aromatic N) is 1. The molecule has 3 rings (SSSR count). The number of anilines is 2. The molecule has 3 aromatic rings. The summed E-state index contributed by atoms with van der Waals surface area (Å²) in [6.07, 6.45) is 5.12. The van der Waals surface area contributed by atoms with Crippen molar-refractivity contribution in [3.63, 3.8) is 0 Å². The number of carbonyl (C=O) groups excluding carboxylic acids is 2. The van der Waals surface area contributed by atoms with Crippen molar-refractivity contribution in [1.29, 1.82) is 0 Å². The van der Waals surface area contributed by atoms with Crippen LogP contribution in [0, 0.1) is 5.92 Å². The van der Waals surface area contributed by atoms with Crippen LogP contribution < -0.4 is 16.0 Å². The molecule has 0 aliphatic heterocycles. The molecule has 0 spiro atoms. The highest BCUT2D eigenvalue weighted by molar-refractivity contribution is 6.01. The summed E-state index contributed by atoms with van der Waals surface area (Å²) < 4.78 is 5.10. The van der Waals surface area contributed by atoms with Gasteiger partial charge in [-0.1, -0.05) is 26.0 Å². The molecule has 0 bridgehead atoms. The van der Waals surface area contributed by atoms with E-state index in [0.717, 1.165) is 24.1 Å². The summed E-state index contributed by atoms with van der Waals surface area (Å²) in [5.74, 6) is 0.825. The first-order valence-electron chi connectivity index (χ1n) is 10.4. The van der Waals surface area contributed by atoms with Gasteiger partial charge in [-0.15, -0.1) is 0 Å². The van der Waals surface area contributed by atoms with E-state index in [1.807, 2.05) is 30.3 Å². The summed E-state index contributed by atoms with van der Waals surface area (Å²) in [7, 11) is 0. The molecule has 2 heterocycles. The van der Waals surface area contributed by atoms with Gasteiger partial charge < -0.3 is 20.4 Å². The highest BCUT2D eigenvalue weighted by Gasteiger charge is 2.12. The van der Waals surface area contributed by atoms with Crippen molar-refractivity contribution in [3.05, 3.63) is 77.9 Å². The number of hydrogen-bond acceptors (Lipinski definition) is 5. The molecule has 0 saturated carbocycles. The van der Waals surface area contributed by atoms with Gasteiger partial charge in [-0.3, -0.25) is 9.59 Å². The van der Waals surface area contributed by atoms with Crippen LogP contribution in [0.15, 0.2) is 65.4 Å². The Hall–Kier alpha value is -3.61. The maximum atomic E-state index is 12.6. The number of amides is 2. The molecule has 31 heavy (non-hydrogen) atoms. The molecular formula is C24H28N4O3. The minimum atomic E-state index is -0.359. The van der Waals surface area contributed by atoms with Gasteiger partial charge in [-0.2, -0.15) is 0 Å². The fourth-order valence-electron chi connectivity index (χ4n) is 3.08. The van der Waals surface area contributed by atoms with Gasteiger partial charge in [0.1, 0.15) is 5.82 Å². The minimum absolute atomic E-state index is 0.0898. The minimum Gasteiger partial charge on any atom is -0.459 e. The van der Waals surface area contributed by atoms with Crippen molar-refractivity contribution < 1.29 is 14.0 Å². The average molecular weight is 421 g/mol. The SMILES string of the molecule is CC(C)CCCNC(=O)c1ccccc1NCc1ccnc(NC(=O)c2ccco2)c1. The van der Waals surface area contributed by atoms with E-state index in [2.05, 4.69) is 34.8 Å². The molecular weight excluding hydrogens is 392 g/mol. The first-order valence-corrected chi connectivity index (χ1v) is 10.4. The molecule has 0 aliphatic rings. The van der Waals surface area contributed by atoms with E-state index in [4.69, 9.17) is 4.42 Å². The van der Waals surface area contributed by atoms with E-state index in [9.17, 15) is 9.59 Å². The molecule has 0 fully saturated rings. The van der Waals surface area contributed by atoms with E-state index >= 15 is 0 Å². The predicted octanol–water partition coefficient (Wildman–Crippen LogP) is 4.71. The maximum absolute atomic E-state index is 12.6. The normalized spacial score (nSPS) is 10.7. The molecule has 162 valence electrons. The van der Waals surface area contributed by atoms with Gasteiger partial charge in [-0.25, -0.2) is 4.98 Å². The van der Waals surface area contributed by atoms with Gasteiger partial charge in [0.15, 0.2) is 5.76 Å². The lowest BCUT2D eigenvalue weighted by atomic mass is 10.1. The third-order valence-electron chi connectivity index (χ3n) is 4.71. The first-order chi connectivity index (χ1) is 15.0. The molecule has 3 N–H and O–H groups in total. The van der Waals surface area contributed by atoms with Crippen molar-refractivity contribution in [1.82, 2.24) is 10.3 Å². The first kappa shape index (κ1) is 22.1. The molecule has 0 radical (unpaired) electrons. The Balaban J connectivity index is 1.59. The predicted molar refractivity (Wildman–Crippen MR) is 121 cm³/mol. The van der Waals surface area contributed by atoms with Crippen LogP contribution in [0.3, 0.4) is 0 Å². The number of nitrogens with one attached hydrogen (secondary N) is 3. The molecule has 7 nitrogen and oxygen atoms in total. The zero-order chi connectivity index (χ0) is 22.1. The lowest BCUT2D eigenvalue weighted by molar-refractivity contribution is 0.0952. The summed E-state index contributed by atoms with van der Waals surface area (Å²) in [6, 6.07) is 14.3. The van der Waals surface area contributed by atoms with Gasteiger partial charge in [0.05, 0.1) is 11.8 Å². The molecule has 0 aliphatic carbocycles. The molecule has 0 saturated heterocycles. The second-order valence-electron chi connectivity index (χ2n) is 7.67. The van der Waals surface area contributed by atoms with Gasteiger partial charge in [0.2, 0.25) is 0 Å². The van der Waals surface area contributed by atoms with Crippen LogP contribution in [0.1, 0.15) is 53.2 Å². The second-order valence-corrected chi connectivity index (χ2v) is 7.67. The second kappa shape index (κ2) is 11.0. The number of pyridine rings is 1. The molecule has 0 unspecified atom stereocenters. The maximum Gasteiger partial charge on any atom is 0.292 e. The number of benzene rings is 1. The van der Waals surface area contributed by atoms with Gasteiger partial charge in [0, 0.05) is 25.0 Å². The number of aromatic nitrogens is 1. The number of furan rings is 1. The van der Waals surface area contributed by atoms with Crippen LogP contribution >= 0.6 is 0 Å². The molecule has 0 atom stereocenters. The number of carbonyl (C=O) groups is 2. The topological polar surface area (TPSA) is 96.3 Å². The standard InChI is InChI=1S/C24H28N4O3/c1-17(2)7-5-12-26-23(29)19-8-3-4-9-20(19)27-16-18-11-13-25-22(15-18)28-24(30)21-10-6-14-31-21/h3-4,6,8-11,13-15,17,27H,5,7,12,16H2,1-2H3,(H,26,29)(H,25,28,30). The Bertz CT molecular complexity index is 1000. The summed E-state index contributed by atoms with van der Waals surface area (Å²) in [6.45, 7) is 5.49. The Morgan fingerprint density at radius 3 is 2.68 bits per heavy atom. The lowest BCUT2D eigenvalue weighted by Gasteiger charge is -2.13. The molecule has 2 amide bonds. The number of para-hydroxylation sites is 1. The Morgan fingerprint density at radius 2 is 1.90 bits per heavy atom. The number of rotatable bonds is 10. The van der Waals surface area contributed by atoms with Crippen LogP contribution in [0.4, 0.5) is 11.5 Å². The smallest absolute Gasteiger partial charge is 0.292 e. The molecule has 1 aromatic carbocycles.